The van der Waals surface area contributed by atoms with Gasteiger partial charge in [0, 0.05) is 15.8 Å². The van der Waals surface area contributed by atoms with Crippen LogP contribution in [0.25, 0.3) is 32.9 Å². The monoisotopic (exact) mass is 315 g/mol. The van der Waals surface area contributed by atoms with Crippen molar-refractivity contribution in [2.45, 2.75) is 11.8 Å². The van der Waals surface area contributed by atoms with Gasteiger partial charge >= 0.3 is 0 Å². The van der Waals surface area contributed by atoms with Gasteiger partial charge in [-0.15, -0.1) is 11.8 Å². The molecule has 2 heteroatoms. The molecule has 0 saturated carbocycles. The Morgan fingerprint density at radius 2 is 1.65 bits per heavy atom. The summed E-state index contributed by atoms with van der Waals surface area (Å²) < 4.78 is 0. The fourth-order valence-corrected chi connectivity index (χ4v) is 3.52. The van der Waals surface area contributed by atoms with Crippen molar-refractivity contribution in [3.8, 4) is 11.3 Å². The highest BCUT2D eigenvalue weighted by Gasteiger charge is 2.08. The lowest BCUT2D eigenvalue weighted by molar-refractivity contribution is 1.35. The number of nitrogens with zero attached hydrogens (tertiary/aromatic N) is 1. The predicted octanol–water partition coefficient (Wildman–Crippen LogP) is 6.09. The summed E-state index contributed by atoms with van der Waals surface area (Å²) in [6, 6.07) is 23.6. The Labute approximate surface area is 140 Å². The minimum absolute atomic E-state index is 1.04. The van der Waals surface area contributed by atoms with Crippen LogP contribution < -0.4 is 0 Å². The molecule has 0 radical (unpaired) electrons. The molecule has 0 atom stereocenters. The third-order valence-electron chi connectivity index (χ3n) is 4.28. The van der Waals surface area contributed by atoms with Crippen LogP contribution in [0, 0.1) is 6.92 Å². The van der Waals surface area contributed by atoms with E-state index in [-0.39, 0.29) is 0 Å². The molecule has 23 heavy (non-hydrogen) atoms. The average molecular weight is 315 g/mol. The molecule has 0 aliphatic carbocycles. The molecule has 0 amide bonds. The first-order valence-electron chi connectivity index (χ1n) is 7.70. The number of thioether (sulfide) groups is 1. The Bertz CT molecular complexity index is 1000. The molecule has 1 aromatic heterocycles. The van der Waals surface area contributed by atoms with E-state index >= 15 is 0 Å². The Morgan fingerprint density at radius 1 is 0.870 bits per heavy atom. The van der Waals surface area contributed by atoms with Crippen LogP contribution in [0.2, 0.25) is 0 Å². The van der Waals surface area contributed by atoms with E-state index in [1.165, 1.54) is 32.2 Å². The first-order chi connectivity index (χ1) is 11.3. The van der Waals surface area contributed by atoms with Crippen LogP contribution >= 0.6 is 11.8 Å². The molecule has 1 heterocycles. The Balaban J connectivity index is 1.94. The summed E-state index contributed by atoms with van der Waals surface area (Å²) in [6.45, 7) is 2.18. The normalized spacial score (nSPS) is 11.2. The lowest BCUT2D eigenvalue weighted by Gasteiger charge is -2.10. The molecule has 4 aromatic rings. The Hall–Kier alpha value is -2.32. The second-order valence-electron chi connectivity index (χ2n) is 5.73. The summed E-state index contributed by atoms with van der Waals surface area (Å²) in [7, 11) is 0. The molecule has 1 nitrogen and oxygen atoms in total. The second-order valence-corrected chi connectivity index (χ2v) is 6.61. The van der Waals surface area contributed by atoms with Crippen molar-refractivity contribution in [1.29, 1.82) is 0 Å². The van der Waals surface area contributed by atoms with Crippen molar-refractivity contribution in [2.24, 2.45) is 0 Å². The minimum Gasteiger partial charge on any atom is -0.248 e. The number of pyridine rings is 1. The molecule has 0 saturated heterocycles. The highest BCUT2D eigenvalue weighted by Crippen LogP contribution is 2.30. The summed E-state index contributed by atoms with van der Waals surface area (Å²) in [6.07, 6.45) is 2.10. The Morgan fingerprint density at radius 3 is 2.43 bits per heavy atom. The lowest BCUT2D eigenvalue weighted by atomic mass is 9.99. The van der Waals surface area contributed by atoms with E-state index in [4.69, 9.17) is 4.98 Å². The maximum atomic E-state index is 4.91. The van der Waals surface area contributed by atoms with Gasteiger partial charge in [0.25, 0.3) is 0 Å². The third kappa shape index (κ3) is 2.49. The van der Waals surface area contributed by atoms with Gasteiger partial charge in [-0.05, 0) is 53.8 Å². The number of aryl methyl sites for hydroxylation is 1. The SMILES string of the molecule is CSc1ccc(-c2cc(C)c3c(ccc4ccccc43)n2)cc1. The summed E-state index contributed by atoms with van der Waals surface area (Å²) >= 11 is 1.76. The molecule has 0 aliphatic heterocycles. The topological polar surface area (TPSA) is 12.9 Å². The number of rotatable bonds is 2. The van der Waals surface area contributed by atoms with Gasteiger partial charge < -0.3 is 0 Å². The minimum atomic E-state index is 1.04. The van der Waals surface area contributed by atoms with Crippen molar-refractivity contribution < 1.29 is 0 Å². The molecule has 0 spiro atoms. The quantitative estimate of drug-likeness (QED) is 0.328. The van der Waals surface area contributed by atoms with Gasteiger partial charge in [-0.2, -0.15) is 0 Å². The van der Waals surface area contributed by atoms with Gasteiger partial charge in [0.05, 0.1) is 11.2 Å². The van der Waals surface area contributed by atoms with Crippen molar-refractivity contribution in [2.75, 3.05) is 6.26 Å². The van der Waals surface area contributed by atoms with Crippen LogP contribution in [0.5, 0.6) is 0 Å². The van der Waals surface area contributed by atoms with E-state index < -0.39 is 0 Å². The lowest BCUT2D eigenvalue weighted by Crippen LogP contribution is -1.90. The van der Waals surface area contributed by atoms with E-state index in [1.807, 2.05) is 0 Å². The summed E-state index contributed by atoms with van der Waals surface area (Å²) in [5.41, 5.74) is 4.54. The van der Waals surface area contributed by atoms with Gasteiger partial charge in [0.2, 0.25) is 0 Å². The molecule has 0 aliphatic rings. The van der Waals surface area contributed by atoms with Crippen molar-refractivity contribution >= 4 is 33.4 Å². The van der Waals surface area contributed by atoms with Crippen LogP contribution in [0.4, 0.5) is 0 Å². The van der Waals surface area contributed by atoms with E-state index in [9.17, 15) is 0 Å². The molecule has 3 aromatic carbocycles. The van der Waals surface area contributed by atoms with Crippen molar-refractivity contribution in [3.63, 3.8) is 0 Å². The first-order valence-corrected chi connectivity index (χ1v) is 8.92. The summed E-state index contributed by atoms with van der Waals surface area (Å²) in [4.78, 5) is 6.18. The Kier molecular flexibility index (Phi) is 3.55. The van der Waals surface area contributed by atoms with Crippen LogP contribution in [0.15, 0.2) is 71.6 Å². The largest absolute Gasteiger partial charge is 0.248 e. The summed E-state index contributed by atoms with van der Waals surface area (Å²) in [5.74, 6) is 0. The first kappa shape index (κ1) is 14.3. The van der Waals surface area contributed by atoms with Crippen LogP contribution in [0.3, 0.4) is 0 Å². The fraction of sp³-hybridized carbons (Fsp3) is 0.0952. The van der Waals surface area contributed by atoms with E-state index in [0.717, 1.165) is 11.2 Å². The highest BCUT2D eigenvalue weighted by atomic mass is 32.2. The summed E-state index contributed by atoms with van der Waals surface area (Å²) in [5, 5.41) is 3.80. The zero-order chi connectivity index (χ0) is 15.8. The van der Waals surface area contributed by atoms with Crippen molar-refractivity contribution in [3.05, 3.63) is 72.3 Å². The maximum Gasteiger partial charge on any atom is 0.0718 e. The van der Waals surface area contributed by atoms with E-state index in [1.54, 1.807) is 11.8 Å². The van der Waals surface area contributed by atoms with Crippen LogP contribution in [-0.2, 0) is 0 Å². The predicted molar refractivity (Wildman–Crippen MR) is 101 cm³/mol. The van der Waals surface area contributed by atoms with Gasteiger partial charge in [-0.3, -0.25) is 0 Å². The number of hydrogen-bond donors (Lipinski definition) is 0. The van der Waals surface area contributed by atoms with Gasteiger partial charge in [0.1, 0.15) is 0 Å². The van der Waals surface area contributed by atoms with Gasteiger partial charge in [-0.25, -0.2) is 4.98 Å². The second kappa shape index (κ2) is 5.71. The average Bonchev–Trinajstić information content (AvgIpc) is 2.61. The van der Waals surface area contributed by atoms with E-state index in [0.29, 0.717) is 0 Å². The molecule has 0 N–H and O–H groups in total. The molecular weight excluding hydrogens is 298 g/mol. The zero-order valence-corrected chi connectivity index (χ0v) is 14.0. The zero-order valence-electron chi connectivity index (χ0n) is 13.2. The molecular formula is C21H17NS. The van der Waals surface area contributed by atoms with E-state index in [2.05, 4.69) is 79.9 Å². The molecule has 0 fully saturated rings. The maximum absolute atomic E-state index is 4.91. The molecule has 0 bridgehead atoms. The highest BCUT2D eigenvalue weighted by molar-refractivity contribution is 7.98. The number of fused-ring (bicyclic) bond motifs is 3. The van der Waals surface area contributed by atoms with Crippen LogP contribution in [0.1, 0.15) is 5.56 Å². The number of hydrogen-bond acceptors (Lipinski definition) is 2. The van der Waals surface area contributed by atoms with Gasteiger partial charge in [-0.1, -0.05) is 42.5 Å². The fourth-order valence-electron chi connectivity index (χ4n) is 3.12. The molecule has 112 valence electrons. The molecule has 0 unspecified atom stereocenters. The number of benzene rings is 3. The van der Waals surface area contributed by atoms with Crippen molar-refractivity contribution in [1.82, 2.24) is 4.98 Å². The molecule has 4 rings (SSSR count). The standard InChI is InChI=1S/C21H17NS/c1-14-13-20(16-7-10-17(23-2)11-8-16)22-19-12-9-15-5-3-4-6-18(15)21(14)19/h3-13H,1-2H3. The van der Waals surface area contributed by atoms with Crippen LogP contribution in [-0.4, -0.2) is 11.2 Å². The number of aromatic nitrogens is 1. The third-order valence-corrected chi connectivity index (χ3v) is 5.02. The smallest absolute Gasteiger partial charge is 0.0718 e. The van der Waals surface area contributed by atoms with Gasteiger partial charge in [0.15, 0.2) is 0 Å².